The van der Waals surface area contributed by atoms with Gasteiger partial charge in [0.15, 0.2) is 5.78 Å². The number of ketones is 1. The molecule has 1 N–H and O–H groups in total. The number of β-lactam (4-membered cyclic amide) rings is 1. The van der Waals surface area contributed by atoms with Gasteiger partial charge in [-0.1, -0.05) is 43.3 Å². The van der Waals surface area contributed by atoms with E-state index >= 15 is 0 Å². The van der Waals surface area contributed by atoms with E-state index < -0.39 is 29.9 Å². The number of aliphatic hydroxyl groups is 1. The summed E-state index contributed by atoms with van der Waals surface area (Å²) in [6.07, 6.45) is -0.900. The van der Waals surface area contributed by atoms with Crippen molar-refractivity contribution in [3.05, 3.63) is 100 Å². The summed E-state index contributed by atoms with van der Waals surface area (Å²) in [7, 11) is 0. The molecular formula is C37H36N3O6+. The topological polar surface area (TPSA) is 115 Å². The highest BCUT2D eigenvalue weighted by Crippen LogP contribution is 2.51. The van der Waals surface area contributed by atoms with Gasteiger partial charge < -0.3 is 24.4 Å². The molecule has 9 heteroatoms. The number of hydrogen-bond donors (Lipinski definition) is 1. The molecule has 4 atom stereocenters. The summed E-state index contributed by atoms with van der Waals surface area (Å²) >= 11 is 0. The van der Waals surface area contributed by atoms with Crippen LogP contribution in [0.5, 0.6) is 0 Å². The highest BCUT2D eigenvalue weighted by atomic mass is 16.4. The molecule has 0 unspecified atom stereocenters. The second-order valence-corrected chi connectivity index (χ2v) is 13.9. The summed E-state index contributed by atoms with van der Waals surface area (Å²) in [6, 6.07) is 20.7. The van der Waals surface area contributed by atoms with E-state index in [0.717, 1.165) is 72.6 Å². The number of piperazine rings is 3. The molecule has 1 aliphatic carbocycles. The van der Waals surface area contributed by atoms with E-state index in [2.05, 4.69) is 6.07 Å². The monoisotopic (exact) mass is 618 g/mol. The fourth-order valence-corrected chi connectivity index (χ4v) is 9.00. The van der Waals surface area contributed by atoms with Gasteiger partial charge in [0.2, 0.25) is 5.91 Å². The zero-order valence-corrected chi connectivity index (χ0v) is 25.9. The van der Waals surface area contributed by atoms with Gasteiger partial charge in [-0.2, -0.15) is 0 Å². The molecule has 234 valence electrons. The molecular weight excluding hydrogens is 582 g/mol. The van der Waals surface area contributed by atoms with Crippen molar-refractivity contribution in [2.24, 2.45) is 11.8 Å². The van der Waals surface area contributed by atoms with E-state index in [4.69, 9.17) is 0 Å². The average Bonchev–Trinajstić information content (AvgIpc) is 3.49. The summed E-state index contributed by atoms with van der Waals surface area (Å²) < 4.78 is 1.46. The van der Waals surface area contributed by atoms with Crippen LogP contribution in [0.1, 0.15) is 51.3 Å². The van der Waals surface area contributed by atoms with Gasteiger partial charge in [0, 0.05) is 22.6 Å². The number of quaternary nitrogens is 2. The highest BCUT2D eigenvalue weighted by molar-refractivity contribution is 6.22. The number of nitrogens with zero attached hydrogens (tertiary/aromatic N) is 3. The smallest absolute Gasteiger partial charge is 0.346 e. The van der Waals surface area contributed by atoms with Gasteiger partial charge in [-0.25, -0.2) is 9.28 Å². The number of carbonyl (C=O) groups excluding carboxylic acids is 4. The molecule has 2 amide bonds. The molecule has 0 radical (unpaired) electrons. The number of benzene rings is 3. The molecule has 5 aliphatic heterocycles. The lowest BCUT2D eigenvalue weighted by molar-refractivity contribution is -1.06. The summed E-state index contributed by atoms with van der Waals surface area (Å²) in [5, 5.41) is 22.5. The van der Waals surface area contributed by atoms with Crippen LogP contribution in [-0.4, -0.2) is 94.0 Å². The molecule has 0 spiro atoms. The molecule has 6 aliphatic rings. The Kier molecular flexibility index (Phi) is 6.32. The fraction of sp³-hybridized carbons (Fsp3) is 0.351. The van der Waals surface area contributed by atoms with Crippen LogP contribution in [-0.2, 0) is 16.1 Å². The fourth-order valence-electron chi connectivity index (χ4n) is 9.00. The third-order valence-electron chi connectivity index (χ3n) is 11.5. The first-order chi connectivity index (χ1) is 22.0. The minimum atomic E-state index is -1.44. The molecule has 0 saturated carbocycles. The van der Waals surface area contributed by atoms with Crippen molar-refractivity contribution in [3.63, 3.8) is 0 Å². The number of rotatable bonds is 6. The van der Waals surface area contributed by atoms with E-state index in [-0.39, 0.29) is 23.3 Å². The summed E-state index contributed by atoms with van der Waals surface area (Å²) in [5.41, 5.74) is 5.62. The van der Waals surface area contributed by atoms with Gasteiger partial charge in [0.05, 0.1) is 35.3 Å². The predicted octanol–water partition coefficient (Wildman–Crippen LogP) is 2.22. The first kappa shape index (κ1) is 29.0. The van der Waals surface area contributed by atoms with Gasteiger partial charge in [0.1, 0.15) is 45.8 Å². The van der Waals surface area contributed by atoms with Crippen molar-refractivity contribution < 1.29 is 38.4 Å². The zero-order chi connectivity index (χ0) is 32.1. The van der Waals surface area contributed by atoms with E-state index in [1.54, 1.807) is 13.0 Å². The predicted molar refractivity (Wildman–Crippen MR) is 166 cm³/mol. The Morgan fingerprint density at radius 1 is 0.891 bits per heavy atom. The van der Waals surface area contributed by atoms with Crippen LogP contribution in [0, 0.1) is 11.8 Å². The van der Waals surface area contributed by atoms with Crippen LogP contribution in [0.25, 0.3) is 16.7 Å². The van der Waals surface area contributed by atoms with Crippen molar-refractivity contribution in [1.29, 1.82) is 0 Å². The first-order valence-electron chi connectivity index (χ1n) is 16.1. The molecule has 0 aromatic heterocycles. The van der Waals surface area contributed by atoms with Gasteiger partial charge in [-0.15, -0.1) is 0 Å². The molecule has 9 nitrogen and oxygen atoms in total. The van der Waals surface area contributed by atoms with Crippen molar-refractivity contribution in [3.8, 4) is 11.1 Å². The lowest BCUT2D eigenvalue weighted by Crippen LogP contribution is -2.76. The molecule has 4 fully saturated rings. The van der Waals surface area contributed by atoms with Gasteiger partial charge in [0.25, 0.3) is 0 Å². The van der Waals surface area contributed by atoms with Gasteiger partial charge in [-0.3, -0.25) is 9.59 Å². The van der Waals surface area contributed by atoms with E-state index in [1.165, 1.54) is 4.90 Å². The Morgan fingerprint density at radius 2 is 1.57 bits per heavy atom. The minimum Gasteiger partial charge on any atom is -0.543 e. The van der Waals surface area contributed by atoms with Gasteiger partial charge in [-0.05, 0) is 59.5 Å². The van der Waals surface area contributed by atoms with Crippen LogP contribution >= 0.6 is 0 Å². The second kappa shape index (κ2) is 10.0. The maximum atomic E-state index is 13.6. The van der Waals surface area contributed by atoms with Gasteiger partial charge >= 0.3 is 5.91 Å². The normalized spacial score (nSPS) is 29.7. The molecule has 5 heterocycles. The molecule has 9 rings (SSSR count). The number of aliphatic carboxylic acids is 1. The average molecular weight is 619 g/mol. The number of aliphatic hydroxyl groups excluding tert-OH is 1. The number of carbonyl (C=O) groups is 4. The first-order valence-corrected chi connectivity index (χ1v) is 16.1. The third-order valence-corrected chi connectivity index (χ3v) is 11.5. The summed E-state index contributed by atoms with van der Waals surface area (Å²) in [5.74, 6) is -2.77. The standard InChI is InChI=1S/C37H36N3O6/c1-21-30(33(37(45)46)38-32(21)31(22(2)41)35(38)43)25-9-11-26-28-18-23(8-10-27(28)34(42)29(26)19-25)20-39-12-15-40(16-13-39,17-14-39)36(44)24-6-4-3-5-7-24/h3-11,18-19,21-22,31-32,41H,12-17,20H2,1-2H3/q+1/t21-,22+,31+,32+,39?,40?/m0/s1. The number of hydrogen-bond acceptors (Lipinski definition) is 6. The SMILES string of the molecule is C[C@@H](O)[C@H]1C(=O)N2C(C(=O)[O-])=C(c3ccc4c(c3)C(=O)c3ccc(C[N+]56CC[N+](C(=O)c7ccccc7)(CC5)CC6)cc3-4)[C@H](C)[C@H]12. The van der Waals surface area contributed by atoms with E-state index in [9.17, 15) is 29.4 Å². The van der Waals surface area contributed by atoms with Crippen molar-refractivity contribution in [2.75, 3.05) is 39.3 Å². The highest BCUT2D eigenvalue weighted by Gasteiger charge is 2.59. The lowest BCUT2D eigenvalue weighted by Gasteiger charge is -2.54. The minimum absolute atomic E-state index is 0.106. The maximum absolute atomic E-state index is 13.6. The van der Waals surface area contributed by atoms with Crippen molar-refractivity contribution in [2.45, 2.75) is 32.5 Å². The van der Waals surface area contributed by atoms with E-state index in [0.29, 0.717) is 26.7 Å². The Morgan fingerprint density at radius 3 is 2.22 bits per heavy atom. The van der Waals surface area contributed by atoms with Crippen LogP contribution in [0.3, 0.4) is 0 Å². The zero-order valence-electron chi connectivity index (χ0n) is 25.9. The number of carboxylic acids is 1. The van der Waals surface area contributed by atoms with Crippen LogP contribution in [0.4, 0.5) is 0 Å². The summed E-state index contributed by atoms with van der Waals surface area (Å²) in [6.45, 7) is 9.51. The van der Waals surface area contributed by atoms with Crippen molar-refractivity contribution >= 4 is 29.1 Å². The Labute approximate surface area is 267 Å². The largest absolute Gasteiger partial charge is 0.543 e. The number of carboxylic acid groups (broad SMARTS) is 1. The summed E-state index contributed by atoms with van der Waals surface area (Å²) in [4.78, 5) is 53.4. The molecule has 3 aromatic rings. The quantitative estimate of drug-likeness (QED) is 0.262. The third kappa shape index (κ3) is 3.98. The molecule has 2 bridgehead atoms. The van der Waals surface area contributed by atoms with Crippen LogP contribution in [0.15, 0.2) is 72.4 Å². The number of fused-ring (bicyclic) bond motifs is 7. The molecule has 3 aromatic carbocycles. The molecule has 46 heavy (non-hydrogen) atoms. The van der Waals surface area contributed by atoms with E-state index in [1.807, 2.05) is 61.5 Å². The molecule has 4 saturated heterocycles. The van der Waals surface area contributed by atoms with Crippen molar-refractivity contribution in [1.82, 2.24) is 4.90 Å². The Balaban J connectivity index is 1.06. The Bertz CT molecular complexity index is 1870. The maximum Gasteiger partial charge on any atom is 0.346 e. The number of amides is 2. The second-order valence-electron chi connectivity index (χ2n) is 13.9. The van der Waals surface area contributed by atoms with Crippen LogP contribution in [0.2, 0.25) is 0 Å². The van der Waals surface area contributed by atoms with Crippen LogP contribution < -0.4 is 5.11 Å². The Hall–Kier alpha value is -4.44. The lowest BCUT2D eigenvalue weighted by atomic mass is 9.76.